The maximum atomic E-state index is 13.1. The molecule has 0 fully saturated rings. The van der Waals surface area contributed by atoms with Crippen molar-refractivity contribution in [1.82, 2.24) is 0 Å². The van der Waals surface area contributed by atoms with E-state index in [4.69, 9.17) is 0 Å². The highest BCUT2D eigenvalue weighted by atomic mass is 19.3. The molecule has 1 aromatic carbocycles. The normalized spacial score (nSPS) is 11.2. The zero-order valence-electron chi connectivity index (χ0n) is 8.59. The van der Waals surface area contributed by atoms with Crippen LogP contribution in [0.1, 0.15) is 11.1 Å². The summed E-state index contributed by atoms with van der Waals surface area (Å²) in [4.78, 5) is 10.7. The first-order chi connectivity index (χ1) is 6.95. The summed E-state index contributed by atoms with van der Waals surface area (Å²) in [5.41, 5.74) is 1.40. The Kier molecular flexibility index (Phi) is 3.39. The monoisotopic (exact) mass is 214 g/mol. The lowest BCUT2D eigenvalue weighted by Gasteiger charge is -2.13. The molecule has 0 spiro atoms. The van der Waals surface area contributed by atoms with Crippen molar-refractivity contribution in [2.24, 2.45) is 0 Å². The van der Waals surface area contributed by atoms with Crippen molar-refractivity contribution >= 4 is 5.97 Å². The maximum Gasteiger partial charge on any atom is 0.377 e. The smallest absolute Gasteiger partial charge is 0.377 e. The number of hydrogen-bond donors (Lipinski definition) is 0. The van der Waals surface area contributed by atoms with Gasteiger partial charge in [-0.05, 0) is 12.5 Å². The second-order valence-electron chi connectivity index (χ2n) is 3.36. The Morgan fingerprint density at radius 2 is 1.87 bits per heavy atom. The molecule has 0 bridgehead atoms. The molecule has 82 valence electrons. The van der Waals surface area contributed by atoms with Crippen LogP contribution in [0.4, 0.5) is 8.78 Å². The Hall–Kier alpha value is -1.45. The molecular formula is C11H12F2O2. The molecule has 1 aromatic rings. The fraction of sp³-hybridized carbons (Fsp3) is 0.364. The van der Waals surface area contributed by atoms with Crippen LogP contribution < -0.4 is 0 Å². The molecule has 0 unspecified atom stereocenters. The summed E-state index contributed by atoms with van der Waals surface area (Å²) in [6.07, 6.45) is -0.625. The number of hydrogen-bond acceptors (Lipinski definition) is 2. The van der Waals surface area contributed by atoms with Gasteiger partial charge in [0, 0.05) is 6.42 Å². The first kappa shape index (κ1) is 11.6. The van der Waals surface area contributed by atoms with Crippen molar-refractivity contribution in [2.45, 2.75) is 19.3 Å². The molecule has 0 radical (unpaired) electrons. The van der Waals surface area contributed by atoms with Gasteiger partial charge < -0.3 is 4.74 Å². The van der Waals surface area contributed by atoms with Crippen molar-refractivity contribution in [3.05, 3.63) is 35.4 Å². The molecule has 0 saturated heterocycles. The Morgan fingerprint density at radius 1 is 1.33 bits per heavy atom. The second kappa shape index (κ2) is 4.38. The van der Waals surface area contributed by atoms with Crippen molar-refractivity contribution in [1.29, 1.82) is 0 Å². The minimum atomic E-state index is -3.45. The molecule has 4 heteroatoms. The largest absolute Gasteiger partial charge is 0.465 e. The van der Waals surface area contributed by atoms with Gasteiger partial charge in [-0.1, -0.05) is 29.8 Å². The summed E-state index contributed by atoms with van der Waals surface area (Å²) in [5, 5.41) is 0. The van der Waals surface area contributed by atoms with Crippen LogP contribution in [0.2, 0.25) is 0 Å². The Balaban J connectivity index is 2.77. The topological polar surface area (TPSA) is 26.3 Å². The average Bonchev–Trinajstić information content (AvgIpc) is 2.20. The van der Waals surface area contributed by atoms with E-state index in [1.54, 1.807) is 24.3 Å². The fourth-order valence-electron chi connectivity index (χ4n) is 1.18. The van der Waals surface area contributed by atoms with Crippen LogP contribution in [0.25, 0.3) is 0 Å². The Morgan fingerprint density at radius 3 is 2.33 bits per heavy atom. The summed E-state index contributed by atoms with van der Waals surface area (Å²) in [6, 6.07) is 6.60. The average molecular weight is 214 g/mol. The molecule has 0 atom stereocenters. The third-order valence-corrected chi connectivity index (χ3v) is 2.03. The zero-order valence-corrected chi connectivity index (χ0v) is 8.59. The Bertz CT molecular complexity index is 344. The molecule has 2 nitrogen and oxygen atoms in total. The van der Waals surface area contributed by atoms with Crippen LogP contribution in [0.5, 0.6) is 0 Å². The summed E-state index contributed by atoms with van der Waals surface area (Å²) in [6.45, 7) is 1.86. The van der Waals surface area contributed by atoms with Crippen LogP contribution >= 0.6 is 0 Å². The molecule has 1 rings (SSSR count). The highest BCUT2D eigenvalue weighted by Gasteiger charge is 2.39. The van der Waals surface area contributed by atoms with E-state index in [1.165, 1.54) is 0 Å². The van der Waals surface area contributed by atoms with Gasteiger partial charge in [-0.15, -0.1) is 0 Å². The van der Waals surface area contributed by atoms with Gasteiger partial charge in [0.2, 0.25) is 0 Å². The molecule has 0 aliphatic carbocycles. The van der Waals surface area contributed by atoms with Crippen molar-refractivity contribution in [2.75, 3.05) is 7.11 Å². The van der Waals surface area contributed by atoms with Crippen molar-refractivity contribution in [3.63, 3.8) is 0 Å². The maximum absolute atomic E-state index is 13.1. The molecule has 0 N–H and O–H groups in total. The van der Waals surface area contributed by atoms with Crippen LogP contribution in [-0.2, 0) is 16.0 Å². The van der Waals surface area contributed by atoms with E-state index >= 15 is 0 Å². The van der Waals surface area contributed by atoms with E-state index in [1.807, 2.05) is 6.92 Å². The number of halogens is 2. The number of alkyl halides is 2. The molecule has 0 aliphatic heterocycles. The number of benzene rings is 1. The van der Waals surface area contributed by atoms with Gasteiger partial charge in [0.15, 0.2) is 0 Å². The minimum absolute atomic E-state index is 0.413. The summed E-state index contributed by atoms with van der Waals surface area (Å²) in [5.74, 6) is -4.95. The molecule has 0 aromatic heterocycles. The highest BCUT2D eigenvalue weighted by molar-refractivity contribution is 5.77. The molecule has 0 heterocycles. The lowest BCUT2D eigenvalue weighted by Crippen LogP contribution is -2.32. The second-order valence-corrected chi connectivity index (χ2v) is 3.36. The van der Waals surface area contributed by atoms with Gasteiger partial charge in [0.25, 0.3) is 0 Å². The van der Waals surface area contributed by atoms with E-state index in [0.717, 1.165) is 12.7 Å². The molecule has 0 saturated carbocycles. The molecule has 15 heavy (non-hydrogen) atoms. The SMILES string of the molecule is COC(=O)C(F)(F)Cc1ccc(C)cc1. The van der Waals surface area contributed by atoms with Gasteiger partial charge in [0.05, 0.1) is 7.11 Å². The summed E-state index contributed by atoms with van der Waals surface area (Å²) in [7, 11) is 0.950. The first-order valence-electron chi connectivity index (χ1n) is 4.47. The fourth-order valence-corrected chi connectivity index (χ4v) is 1.18. The lowest BCUT2D eigenvalue weighted by molar-refractivity contribution is -0.168. The number of rotatable bonds is 3. The minimum Gasteiger partial charge on any atom is -0.465 e. The number of ether oxygens (including phenoxy) is 1. The van der Waals surface area contributed by atoms with Crippen LogP contribution in [0, 0.1) is 6.92 Å². The quantitative estimate of drug-likeness (QED) is 0.722. The third kappa shape index (κ3) is 3.01. The number of esters is 1. The first-order valence-corrected chi connectivity index (χ1v) is 4.47. The van der Waals surface area contributed by atoms with E-state index in [0.29, 0.717) is 5.56 Å². The molecule has 0 amide bonds. The van der Waals surface area contributed by atoms with Crippen LogP contribution in [0.15, 0.2) is 24.3 Å². The number of carbonyl (C=O) groups excluding carboxylic acids is 1. The van der Waals surface area contributed by atoms with Gasteiger partial charge in [0.1, 0.15) is 0 Å². The number of carbonyl (C=O) groups is 1. The lowest BCUT2D eigenvalue weighted by atomic mass is 10.1. The zero-order chi connectivity index (χ0) is 11.5. The Labute approximate surface area is 86.9 Å². The van der Waals surface area contributed by atoms with E-state index in [2.05, 4.69) is 4.74 Å². The van der Waals surface area contributed by atoms with E-state index in [9.17, 15) is 13.6 Å². The number of methoxy groups -OCH3 is 1. The molecular weight excluding hydrogens is 202 g/mol. The summed E-state index contributed by atoms with van der Waals surface area (Å²) >= 11 is 0. The third-order valence-electron chi connectivity index (χ3n) is 2.03. The standard InChI is InChI=1S/C11H12F2O2/c1-8-3-5-9(6-4-8)7-11(12,13)10(14)15-2/h3-6H,7H2,1-2H3. The van der Waals surface area contributed by atoms with Gasteiger partial charge in [-0.25, -0.2) is 4.79 Å². The van der Waals surface area contributed by atoms with Gasteiger partial charge in [-0.2, -0.15) is 8.78 Å². The predicted molar refractivity (Wildman–Crippen MR) is 51.8 cm³/mol. The molecule has 0 aliphatic rings. The van der Waals surface area contributed by atoms with Crippen molar-refractivity contribution in [3.8, 4) is 0 Å². The van der Waals surface area contributed by atoms with Gasteiger partial charge >= 0.3 is 11.9 Å². The predicted octanol–water partition coefficient (Wildman–Crippen LogP) is 2.35. The van der Waals surface area contributed by atoms with Crippen LogP contribution in [0.3, 0.4) is 0 Å². The van der Waals surface area contributed by atoms with E-state index < -0.39 is 18.3 Å². The van der Waals surface area contributed by atoms with Crippen LogP contribution in [-0.4, -0.2) is 19.0 Å². The van der Waals surface area contributed by atoms with Gasteiger partial charge in [-0.3, -0.25) is 0 Å². The highest BCUT2D eigenvalue weighted by Crippen LogP contribution is 2.21. The van der Waals surface area contributed by atoms with Crippen molar-refractivity contribution < 1.29 is 18.3 Å². The summed E-state index contributed by atoms with van der Waals surface area (Å²) < 4.78 is 30.3. The van der Waals surface area contributed by atoms with E-state index in [-0.39, 0.29) is 0 Å². The number of aryl methyl sites for hydroxylation is 1.